The zero-order valence-corrected chi connectivity index (χ0v) is 15.9. The van der Waals surface area contributed by atoms with Crippen molar-refractivity contribution in [3.05, 3.63) is 34.4 Å². The Hall–Kier alpha value is -1.32. The van der Waals surface area contributed by atoms with E-state index in [-0.39, 0.29) is 23.8 Å². The summed E-state index contributed by atoms with van der Waals surface area (Å²) >= 11 is 0. The quantitative estimate of drug-likeness (QED) is 0.248. The van der Waals surface area contributed by atoms with E-state index in [1.807, 2.05) is 18.3 Å². The molecule has 0 radical (unpaired) electrons. The van der Waals surface area contributed by atoms with Gasteiger partial charge in [0.2, 0.25) is 10.0 Å². The van der Waals surface area contributed by atoms with Crippen molar-refractivity contribution in [3.8, 4) is 0 Å². The van der Waals surface area contributed by atoms with E-state index in [1.165, 1.54) is 0 Å². The Morgan fingerprint density at radius 1 is 1.08 bits per heavy atom. The first-order valence-electron chi connectivity index (χ1n) is 7.91. The minimum Gasteiger partial charge on any atom is -0.296 e. The zero-order valence-electron chi connectivity index (χ0n) is 14.2. The van der Waals surface area contributed by atoms with Gasteiger partial charge in [0.25, 0.3) is 5.69 Å². The Balaban J connectivity index is 2.94. The lowest BCUT2D eigenvalue weighted by Crippen LogP contribution is -2.24. The highest BCUT2D eigenvalue weighted by atomic mass is 32.2. The monoisotopic (exact) mass is 394 g/mol. The first-order chi connectivity index (χ1) is 11.7. The smallest absolute Gasteiger partial charge is 0.296 e. The predicted molar refractivity (Wildman–Crippen MR) is 92.7 cm³/mol. The van der Waals surface area contributed by atoms with Crippen LogP contribution in [-0.2, 0) is 23.6 Å². The minimum absolute atomic E-state index is 0.0860. The maximum Gasteiger partial charge on any atom is 0.419 e. The van der Waals surface area contributed by atoms with Gasteiger partial charge < -0.3 is 0 Å². The van der Waals surface area contributed by atoms with Crippen LogP contribution in [0.1, 0.15) is 39.5 Å². The number of hydrogen-bond acceptors (Lipinski definition) is 7. The summed E-state index contributed by atoms with van der Waals surface area (Å²) in [5.41, 5.74) is -0.250. The maximum absolute atomic E-state index is 12.7. The van der Waals surface area contributed by atoms with E-state index in [0.717, 1.165) is 37.1 Å². The van der Waals surface area contributed by atoms with Gasteiger partial charge in [0.15, 0.2) is 0 Å². The second-order valence-electron chi connectivity index (χ2n) is 5.22. The van der Waals surface area contributed by atoms with E-state index in [0.29, 0.717) is 12.8 Å². The van der Waals surface area contributed by atoms with Crippen LogP contribution >= 0.6 is 7.75 Å². The number of unbranched alkanes of at least 4 members (excludes halogenated alkanes) is 2. The molecule has 0 spiro atoms. The van der Waals surface area contributed by atoms with Crippen LogP contribution in [0.2, 0.25) is 0 Å². The molecule has 0 unspecified atom stereocenters. The number of nitro groups is 1. The topological polar surface area (TPSA) is 125 Å². The summed E-state index contributed by atoms with van der Waals surface area (Å²) in [7, 11) is -8.29. The van der Waals surface area contributed by atoms with Crippen LogP contribution in [0.25, 0.3) is 0 Å². The normalized spacial score (nSPS) is 12.2. The number of benzene rings is 1. The van der Waals surface area contributed by atoms with E-state index < -0.39 is 22.7 Å². The number of hydrogen-bond donors (Lipinski definition) is 1. The van der Waals surface area contributed by atoms with Gasteiger partial charge in [0, 0.05) is 12.1 Å². The molecular weight excluding hydrogens is 371 g/mol. The Morgan fingerprint density at radius 3 is 1.96 bits per heavy atom. The van der Waals surface area contributed by atoms with Gasteiger partial charge in [0.1, 0.15) is 0 Å². The molecule has 0 atom stereocenters. The standard InChI is InChI=1S/C14H23N2O7PS/c1-3-5-11-22-24(19,23-12-6-4-2)15-25(20,21)14-9-7-13(8-10-14)16(17)18/h7-10H,3-6,11-12H2,1-2H3,(H,15,19). The summed E-state index contributed by atoms with van der Waals surface area (Å²) in [5.74, 6) is 0. The third-order valence-corrected chi connectivity index (χ3v) is 6.90. The third kappa shape index (κ3) is 7.21. The van der Waals surface area contributed by atoms with Crippen LogP contribution in [0, 0.1) is 10.1 Å². The molecule has 1 N–H and O–H groups in total. The number of rotatable bonds is 12. The molecule has 142 valence electrons. The molecule has 9 nitrogen and oxygen atoms in total. The van der Waals surface area contributed by atoms with E-state index in [2.05, 4.69) is 0 Å². The van der Waals surface area contributed by atoms with Crippen LogP contribution in [0.5, 0.6) is 0 Å². The summed E-state index contributed by atoms with van der Waals surface area (Å²) in [6.45, 7) is 3.99. The molecule has 1 rings (SSSR count). The van der Waals surface area contributed by atoms with Crippen molar-refractivity contribution >= 4 is 23.5 Å². The van der Waals surface area contributed by atoms with Crippen molar-refractivity contribution in [1.82, 2.24) is 4.49 Å². The van der Waals surface area contributed by atoms with E-state index in [4.69, 9.17) is 9.05 Å². The highest BCUT2D eigenvalue weighted by molar-refractivity contribution is 7.94. The maximum atomic E-state index is 12.7. The average Bonchev–Trinajstić information content (AvgIpc) is 2.55. The van der Waals surface area contributed by atoms with Crippen LogP contribution in [0.4, 0.5) is 5.69 Å². The summed E-state index contributed by atoms with van der Waals surface area (Å²) in [5, 5.41) is 10.6. The molecule has 0 fully saturated rings. The first-order valence-corrected chi connectivity index (χ1v) is 10.9. The molecule has 0 aliphatic carbocycles. The van der Waals surface area contributed by atoms with E-state index >= 15 is 0 Å². The highest BCUT2D eigenvalue weighted by Gasteiger charge is 2.32. The molecule has 0 heterocycles. The first kappa shape index (κ1) is 21.7. The highest BCUT2D eigenvalue weighted by Crippen LogP contribution is 2.45. The number of non-ortho nitro benzene ring substituents is 1. The zero-order chi connectivity index (χ0) is 18.9. The largest absolute Gasteiger partial charge is 0.419 e. The molecule has 1 aromatic rings. The molecule has 0 aliphatic rings. The average molecular weight is 394 g/mol. The molecular formula is C14H23N2O7PS. The number of nitro benzene ring substituents is 1. The third-order valence-electron chi connectivity index (χ3n) is 3.11. The number of sulfonamides is 1. The number of nitrogens with one attached hydrogen (secondary N) is 1. The fourth-order valence-corrected chi connectivity index (χ4v) is 5.02. The van der Waals surface area contributed by atoms with Gasteiger partial charge in [-0.05, 0) is 25.0 Å². The Labute approximate surface area is 147 Å². The lowest BCUT2D eigenvalue weighted by molar-refractivity contribution is -0.384. The lowest BCUT2D eigenvalue weighted by atomic mass is 10.3. The van der Waals surface area contributed by atoms with Gasteiger partial charge in [-0.1, -0.05) is 26.7 Å². The van der Waals surface area contributed by atoms with Crippen LogP contribution in [0.15, 0.2) is 29.2 Å². The van der Waals surface area contributed by atoms with Crippen LogP contribution < -0.4 is 4.49 Å². The van der Waals surface area contributed by atoms with Gasteiger partial charge in [0.05, 0.1) is 23.0 Å². The Kier molecular flexibility index (Phi) is 8.67. The molecule has 0 bridgehead atoms. The second kappa shape index (κ2) is 9.98. The SMILES string of the molecule is CCCCOP(=O)(NS(=O)(=O)c1ccc([N+](=O)[O-])cc1)OCCCC. The predicted octanol–water partition coefficient (Wildman–Crippen LogP) is 3.61. The van der Waals surface area contributed by atoms with Gasteiger partial charge in [-0.15, -0.1) is 4.49 Å². The van der Waals surface area contributed by atoms with Gasteiger partial charge in [-0.2, -0.15) is 0 Å². The summed E-state index contributed by atoms with van der Waals surface area (Å²) in [6.07, 6.45) is 2.76. The van der Waals surface area contributed by atoms with Gasteiger partial charge in [-0.25, -0.2) is 13.0 Å². The molecule has 1 aromatic carbocycles. The van der Waals surface area contributed by atoms with Crippen molar-refractivity contribution in [2.24, 2.45) is 0 Å². The van der Waals surface area contributed by atoms with Crippen LogP contribution in [0.3, 0.4) is 0 Å². The number of nitrogens with zero attached hydrogens (tertiary/aromatic N) is 1. The van der Waals surface area contributed by atoms with Crippen molar-refractivity contribution in [2.45, 2.75) is 44.4 Å². The van der Waals surface area contributed by atoms with Gasteiger partial charge >= 0.3 is 7.75 Å². The molecule has 0 amide bonds. The Morgan fingerprint density at radius 2 is 1.56 bits per heavy atom. The summed E-state index contributed by atoms with van der Waals surface area (Å²) < 4.78 is 49.8. The lowest BCUT2D eigenvalue weighted by Gasteiger charge is -2.19. The molecule has 11 heteroatoms. The fraction of sp³-hybridized carbons (Fsp3) is 0.571. The minimum atomic E-state index is -4.22. The van der Waals surface area contributed by atoms with Gasteiger partial charge in [-0.3, -0.25) is 19.2 Å². The van der Waals surface area contributed by atoms with E-state index in [1.54, 1.807) is 0 Å². The summed E-state index contributed by atoms with van der Waals surface area (Å²) in [6, 6.07) is 4.22. The van der Waals surface area contributed by atoms with Crippen molar-refractivity contribution in [2.75, 3.05) is 13.2 Å². The molecule has 0 aromatic heterocycles. The summed E-state index contributed by atoms with van der Waals surface area (Å²) in [4.78, 5) is 9.73. The molecule has 0 aliphatic heterocycles. The molecule has 25 heavy (non-hydrogen) atoms. The molecule has 0 saturated heterocycles. The Bertz CT molecular complexity index is 692. The second-order valence-corrected chi connectivity index (χ2v) is 8.94. The van der Waals surface area contributed by atoms with Crippen LogP contribution in [-0.4, -0.2) is 26.6 Å². The van der Waals surface area contributed by atoms with Crippen molar-refractivity contribution in [3.63, 3.8) is 0 Å². The fourth-order valence-electron chi connectivity index (χ4n) is 1.70. The van der Waals surface area contributed by atoms with Crippen molar-refractivity contribution in [1.29, 1.82) is 0 Å². The molecule has 0 saturated carbocycles. The van der Waals surface area contributed by atoms with E-state index in [9.17, 15) is 23.1 Å². The van der Waals surface area contributed by atoms with Crippen molar-refractivity contribution < 1.29 is 27.0 Å².